The Morgan fingerprint density at radius 2 is 1.67 bits per heavy atom. The van der Waals surface area contributed by atoms with E-state index in [2.05, 4.69) is 5.32 Å². The summed E-state index contributed by atoms with van der Waals surface area (Å²) in [6, 6.07) is 21.0. The van der Waals surface area contributed by atoms with Crippen molar-refractivity contribution < 1.29 is 17.9 Å². The molecule has 0 atom stereocenters. The van der Waals surface area contributed by atoms with Crippen molar-refractivity contribution in [2.75, 3.05) is 20.2 Å². The highest BCUT2D eigenvalue weighted by atomic mass is 35.5. The van der Waals surface area contributed by atoms with Crippen LogP contribution in [0.5, 0.6) is 5.75 Å². The van der Waals surface area contributed by atoms with Crippen molar-refractivity contribution in [2.45, 2.75) is 24.8 Å². The van der Waals surface area contributed by atoms with Gasteiger partial charge in [0.15, 0.2) is 0 Å². The number of sulfonamides is 1. The number of nitrogens with zero attached hydrogens (tertiary/aromatic N) is 1. The normalized spacial score (nSPS) is 11.4. The van der Waals surface area contributed by atoms with Crippen LogP contribution in [0.4, 0.5) is 0 Å². The van der Waals surface area contributed by atoms with Gasteiger partial charge in [0.05, 0.1) is 18.6 Å². The first-order chi connectivity index (χ1) is 15.8. The van der Waals surface area contributed by atoms with E-state index in [4.69, 9.17) is 16.3 Å². The molecule has 3 aromatic rings. The third kappa shape index (κ3) is 6.81. The number of halogens is 1. The molecule has 174 valence electrons. The maximum Gasteiger partial charge on any atom is 0.243 e. The van der Waals surface area contributed by atoms with Crippen LogP contribution in [0.1, 0.15) is 16.7 Å². The van der Waals surface area contributed by atoms with E-state index in [-0.39, 0.29) is 23.9 Å². The summed E-state index contributed by atoms with van der Waals surface area (Å²) in [6.07, 6.45) is 0.622. The van der Waals surface area contributed by atoms with Gasteiger partial charge in [0.2, 0.25) is 15.9 Å². The number of carbonyl (C=O) groups is 1. The van der Waals surface area contributed by atoms with E-state index in [0.29, 0.717) is 18.0 Å². The molecule has 0 saturated carbocycles. The number of amides is 1. The molecule has 0 aliphatic carbocycles. The van der Waals surface area contributed by atoms with E-state index in [1.165, 1.54) is 28.6 Å². The van der Waals surface area contributed by atoms with Gasteiger partial charge in [0.25, 0.3) is 0 Å². The predicted molar refractivity (Wildman–Crippen MR) is 130 cm³/mol. The Bertz CT molecular complexity index is 1180. The number of aryl methyl sites for hydroxylation is 1. The van der Waals surface area contributed by atoms with Gasteiger partial charge in [-0.1, -0.05) is 48.0 Å². The summed E-state index contributed by atoms with van der Waals surface area (Å²) in [5.41, 5.74) is 2.83. The monoisotopic (exact) mass is 486 g/mol. The molecule has 0 spiro atoms. The van der Waals surface area contributed by atoms with Crippen molar-refractivity contribution in [2.24, 2.45) is 0 Å². The lowest BCUT2D eigenvalue weighted by Gasteiger charge is -2.23. The van der Waals surface area contributed by atoms with E-state index < -0.39 is 10.0 Å². The summed E-state index contributed by atoms with van der Waals surface area (Å²) in [6.45, 7) is 2.10. The predicted octanol–water partition coefficient (Wildman–Crippen LogP) is 4.21. The highest BCUT2D eigenvalue weighted by Crippen LogP contribution is 2.21. The average molecular weight is 487 g/mol. The first-order valence-corrected chi connectivity index (χ1v) is 12.3. The van der Waals surface area contributed by atoms with E-state index in [1.807, 2.05) is 55.5 Å². The van der Waals surface area contributed by atoms with Gasteiger partial charge >= 0.3 is 0 Å². The van der Waals surface area contributed by atoms with Crippen LogP contribution >= 0.6 is 11.6 Å². The molecule has 0 radical (unpaired) electrons. The van der Waals surface area contributed by atoms with E-state index >= 15 is 0 Å². The summed E-state index contributed by atoms with van der Waals surface area (Å²) in [7, 11) is -2.31. The number of nitrogens with one attached hydrogen (secondary N) is 1. The van der Waals surface area contributed by atoms with Gasteiger partial charge in [-0.3, -0.25) is 4.79 Å². The van der Waals surface area contributed by atoms with Crippen LogP contribution in [0.3, 0.4) is 0 Å². The fraction of sp³-hybridized carbons (Fsp3) is 0.240. The lowest BCUT2D eigenvalue weighted by atomic mass is 10.1. The average Bonchev–Trinajstić information content (AvgIpc) is 2.80. The molecule has 1 amide bonds. The molecule has 3 rings (SSSR count). The Balaban J connectivity index is 1.72. The Hall–Kier alpha value is -2.87. The Labute approximate surface area is 200 Å². The molecule has 0 saturated heterocycles. The molecule has 6 nitrogen and oxygen atoms in total. The fourth-order valence-electron chi connectivity index (χ4n) is 3.31. The molecular formula is C25H27ClN2O4S. The summed E-state index contributed by atoms with van der Waals surface area (Å²) < 4.78 is 33.0. The fourth-order valence-corrected chi connectivity index (χ4v) is 4.81. The third-order valence-corrected chi connectivity index (χ3v) is 7.33. The van der Waals surface area contributed by atoms with Crippen molar-refractivity contribution in [3.8, 4) is 5.75 Å². The van der Waals surface area contributed by atoms with E-state index in [1.54, 1.807) is 7.11 Å². The van der Waals surface area contributed by atoms with Crippen LogP contribution in [0.15, 0.2) is 77.7 Å². The first-order valence-electron chi connectivity index (χ1n) is 10.5. The number of carbonyl (C=O) groups excluding carboxylic acids is 1. The van der Waals surface area contributed by atoms with Gasteiger partial charge in [0.1, 0.15) is 5.75 Å². The zero-order valence-electron chi connectivity index (χ0n) is 18.6. The largest absolute Gasteiger partial charge is 0.497 e. The van der Waals surface area contributed by atoms with Crippen LogP contribution in [0.25, 0.3) is 0 Å². The highest BCUT2D eigenvalue weighted by molar-refractivity contribution is 7.89. The molecule has 3 aromatic carbocycles. The van der Waals surface area contributed by atoms with Crippen molar-refractivity contribution in [3.63, 3.8) is 0 Å². The van der Waals surface area contributed by atoms with Gasteiger partial charge in [0, 0.05) is 18.1 Å². The van der Waals surface area contributed by atoms with Gasteiger partial charge in [-0.05, 0) is 66.4 Å². The second-order valence-electron chi connectivity index (χ2n) is 7.60. The van der Waals surface area contributed by atoms with Crippen molar-refractivity contribution >= 4 is 27.5 Å². The molecule has 0 unspecified atom stereocenters. The second-order valence-corrected chi connectivity index (χ2v) is 9.98. The quantitative estimate of drug-likeness (QED) is 0.466. The Morgan fingerprint density at radius 1 is 1.00 bits per heavy atom. The molecule has 0 aliphatic rings. The number of rotatable bonds is 10. The van der Waals surface area contributed by atoms with Crippen LogP contribution in [-0.4, -0.2) is 38.8 Å². The minimum atomic E-state index is -3.91. The zero-order chi connectivity index (χ0) is 23.8. The van der Waals surface area contributed by atoms with Crippen LogP contribution in [-0.2, 0) is 27.8 Å². The van der Waals surface area contributed by atoms with Gasteiger partial charge in [-0.25, -0.2) is 8.42 Å². The maximum atomic E-state index is 13.3. The topological polar surface area (TPSA) is 75.7 Å². The lowest BCUT2D eigenvalue weighted by Crippen LogP contribution is -2.41. The van der Waals surface area contributed by atoms with Gasteiger partial charge in [-0.15, -0.1) is 0 Å². The number of hydrogen-bond donors (Lipinski definition) is 1. The third-order valence-electron chi connectivity index (χ3n) is 5.27. The highest BCUT2D eigenvalue weighted by Gasteiger charge is 2.27. The number of benzene rings is 3. The molecule has 0 bridgehead atoms. The van der Waals surface area contributed by atoms with Crippen LogP contribution < -0.4 is 10.1 Å². The zero-order valence-corrected chi connectivity index (χ0v) is 20.2. The minimum Gasteiger partial charge on any atom is -0.497 e. The molecule has 1 N–H and O–H groups in total. The second kappa shape index (κ2) is 11.3. The van der Waals surface area contributed by atoms with Crippen molar-refractivity contribution in [3.05, 3.63) is 94.5 Å². The van der Waals surface area contributed by atoms with E-state index in [0.717, 1.165) is 22.4 Å². The molecule has 33 heavy (non-hydrogen) atoms. The van der Waals surface area contributed by atoms with Crippen LogP contribution in [0, 0.1) is 6.92 Å². The van der Waals surface area contributed by atoms with Crippen molar-refractivity contribution in [1.82, 2.24) is 9.62 Å². The minimum absolute atomic E-state index is 0.0868. The first kappa shape index (κ1) is 24.8. The van der Waals surface area contributed by atoms with Crippen molar-refractivity contribution in [1.29, 1.82) is 0 Å². The molecule has 0 fully saturated rings. The standard InChI is InChI=1S/C25H27ClN2O4S/c1-19-5-3-4-6-21(19)17-28(33(30,31)24-13-9-22(26)10-14-24)18-25(29)27-16-15-20-7-11-23(32-2)12-8-20/h3-14H,15-18H2,1-2H3,(H,27,29). The Kier molecular flexibility index (Phi) is 8.49. The number of methoxy groups -OCH3 is 1. The summed E-state index contributed by atoms with van der Waals surface area (Å²) in [4.78, 5) is 12.8. The van der Waals surface area contributed by atoms with Gasteiger partial charge < -0.3 is 10.1 Å². The summed E-state index contributed by atoms with van der Waals surface area (Å²) in [5, 5.41) is 3.27. The summed E-state index contributed by atoms with van der Waals surface area (Å²) >= 11 is 5.92. The van der Waals surface area contributed by atoms with E-state index in [9.17, 15) is 13.2 Å². The number of hydrogen-bond acceptors (Lipinski definition) is 4. The Morgan fingerprint density at radius 3 is 2.30 bits per heavy atom. The summed E-state index contributed by atoms with van der Waals surface area (Å²) in [5.74, 6) is 0.400. The number of ether oxygens (including phenoxy) is 1. The maximum absolute atomic E-state index is 13.3. The SMILES string of the molecule is COc1ccc(CCNC(=O)CN(Cc2ccccc2C)S(=O)(=O)c2ccc(Cl)cc2)cc1. The molecule has 0 heterocycles. The molecule has 0 aromatic heterocycles. The molecule has 8 heteroatoms. The van der Waals surface area contributed by atoms with Gasteiger partial charge in [-0.2, -0.15) is 4.31 Å². The molecule has 0 aliphatic heterocycles. The smallest absolute Gasteiger partial charge is 0.243 e. The lowest BCUT2D eigenvalue weighted by molar-refractivity contribution is -0.121. The molecular weight excluding hydrogens is 460 g/mol. The van der Waals surface area contributed by atoms with Crippen LogP contribution in [0.2, 0.25) is 5.02 Å².